The van der Waals surface area contributed by atoms with E-state index < -0.39 is 0 Å². The molecule has 0 amide bonds. The Morgan fingerprint density at radius 1 is 1.33 bits per heavy atom. The van der Waals surface area contributed by atoms with Gasteiger partial charge in [0.1, 0.15) is 0 Å². The Hall–Kier alpha value is -0.260. The Bertz CT molecular complexity index is 70.1. The van der Waals surface area contributed by atoms with Gasteiger partial charge in [0.15, 0.2) is 0 Å². The molecule has 53 valence electrons. The van der Waals surface area contributed by atoms with Gasteiger partial charge in [-0.25, -0.2) is 0 Å². The summed E-state index contributed by atoms with van der Waals surface area (Å²) in [7, 11) is 0. The molecule has 0 aromatic rings. The molecule has 0 heterocycles. The van der Waals surface area contributed by atoms with Crippen LogP contribution in [0.25, 0.3) is 0 Å². The van der Waals surface area contributed by atoms with Crippen molar-refractivity contribution in [2.45, 2.75) is 33.1 Å². The minimum atomic E-state index is 0.797. The maximum Gasteiger partial charge on any atom is -0.0327 e. The average molecular weight is 125 g/mol. The zero-order valence-electron chi connectivity index (χ0n) is 6.56. The SMILES string of the molecule is [CH2]CCC=CCC(C)C. The molecule has 0 aromatic heterocycles. The van der Waals surface area contributed by atoms with Gasteiger partial charge in [0.2, 0.25) is 0 Å². The van der Waals surface area contributed by atoms with E-state index in [0.717, 1.165) is 18.8 Å². The van der Waals surface area contributed by atoms with Crippen LogP contribution in [-0.2, 0) is 0 Å². The van der Waals surface area contributed by atoms with Gasteiger partial charge in [-0.1, -0.05) is 32.9 Å². The summed E-state index contributed by atoms with van der Waals surface area (Å²) in [5.74, 6) is 0.797. The molecular weight excluding hydrogens is 108 g/mol. The first-order valence-electron chi connectivity index (χ1n) is 3.71. The highest BCUT2D eigenvalue weighted by molar-refractivity contribution is 4.82. The molecular formula is C9H17. The molecule has 0 bridgehead atoms. The topological polar surface area (TPSA) is 0 Å². The summed E-state index contributed by atoms with van der Waals surface area (Å²) in [6.07, 6.45) is 7.82. The van der Waals surface area contributed by atoms with Gasteiger partial charge in [-0.2, -0.15) is 0 Å². The van der Waals surface area contributed by atoms with E-state index in [-0.39, 0.29) is 0 Å². The zero-order valence-corrected chi connectivity index (χ0v) is 6.56. The van der Waals surface area contributed by atoms with Crippen LogP contribution in [0.2, 0.25) is 0 Å². The molecule has 0 heteroatoms. The Morgan fingerprint density at radius 3 is 2.44 bits per heavy atom. The molecule has 0 saturated heterocycles. The zero-order chi connectivity index (χ0) is 7.11. The normalized spacial score (nSPS) is 11.6. The molecule has 0 fully saturated rings. The summed E-state index contributed by atoms with van der Waals surface area (Å²) < 4.78 is 0. The molecule has 0 spiro atoms. The maximum absolute atomic E-state index is 3.75. The maximum atomic E-state index is 3.75. The Kier molecular flexibility index (Phi) is 5.70. The van der Waals surface area contributed by atoms with E-state index in [1.165, 1.54) is 6.42 Å². The van der Waals surface area contributed by atoms with Gasteiger partial charge in [-0.15, -0.1) is 0 Å². The fourth-order valence-corrected chi connectivity index (χ4v) is 0.604. The van der Waals surface area contributed by atoms with E-state index in [9.17, 15) is 0 Å². The van der Waals surface area contributed by atoms with Crippen molar-refractivity contribution in [3.63, 3.8) is 0 Å². The van der Waals surface area contributed by atoms with Crippen molar-refractivity contribution in [2.24, 2.45) is 5.92 Å². The van der Waals surface area contributed by atoms with E-state index in [0.29, 0.717) is 0 Å². The van der Waals surface area contributed by atoms with E-state index in [4.69, 9.17) is 0 Å². The summed E-state index contributed by atoms with van der Waals surface area (Å²) in [6.45, 7) is 8.21. The Balaban J connectivity index is 3.04. The van der Waals surface area contributed by atoms with Gasteiger partial charge < -0.3 is 0 Å². The largest absolute Gasteiger partial charge is 0.0885 e. The first-order valence-corrected chi connectivity index (χ1v) is 3.71. The monoisotopic (exact) mass is 125 g/mol. The third-order valence-corrected chi connectivity index (χ3v) is 1.14. The second kappa shape index (κ2) is 5.87. The third kappa shape index (κ3) is 7.74. The third-order valence-electron chi connectivity index (χ3n) is 1.14. The number of rotatable bonds is 4. The Morgan fingerprint density at radius 2 is 2.00 bits per heavy atom. The second-order valence-electron chi connectivity index (χ2n) is 2.74. The minimum absolute atomic E-state index is 0.797. The van der Waals surface area contributed by atoms with Crippen LogP contribution in [-0.4, -0.2) is 0 Å². The highest BCUT2D eigenvalue weighted by atomic mass is 13.9. The summed E-state index contributed by atoms with van der Waals surface area (Å²) >= 11 is 0. The van der Waals surface area contributed by atoms with Gasteiger partial charge in [0.25, 0.3) is 0 Å². The summed E-state index contributed by atoms with van der Waals surface area (Å²) in [5, 5.41) is 0. The Labute approximate surface area is 59.0 Å². The van der Waals surface area contributed by atoms with Crippen molar-refractivity contribution < 1.29 is 0 Å². The minimum Gasteiger partial charge on any atom is -0.0885 e. The number of hydrogen-bond acceptors (Lipinski definition) is 0. The predicted molar refractivity (Wildman–Crippen MR) is 43.2 cm³/mol. The molecule has 0 aliphatic rings. The fraction of sp³-hybridized carbons (Fsp3) is 0.667. The fourth-order valence-electron chi connectivity index (χ4n) is 0.604. The van der Waals surface area contributed by atoms with Gasteiger partial charge in [-0.3, -0.25) is 0 Å². The summed E-state index contributed by atoms with van der Waals surface area (Å²) in [5.41, 5.74) is 0. The van der Waals surface area contributed by atoms with Crippen LogP contribution in [0.15, 0.2) is 12.2 Å². The van der Waals surface area contributed by atoms with Gasteiger partial charge in [-0.05, 0) is 25.2 Å². The highest BCUT2D eigenvalue weighted by Gasteiger charge is 1.85. The molecule has 1 radical (unpaired) electrons. The lowest BCUT2D eigenvalue weighted by atomic mass is 10.1. The van der Waals surface area contributed by atoms with Crippen LogP contribution in [0, 0.1) is 12.8 Å². The molecule has 0 atom stereocenters. The molecule has 0 aliphatic heterocycles. The standard InChI is InChI=1S/C9H17/c1-4-5-6-7-8-9(2)3/h6-7,9H,1,4-5,8H2,2-3H3. The van der Waals surface area contributed by atoms with E-state index in [1.54, 1.807) is 0 Å². The molecule has 0 aromatic carbocycles. The second-order valence-corrected chi connectivity index (χ2v) is 2.74. The molecule has 0 unspecified atom stereocenters. The van der Waals surface area contributed by atoms with E-state index in [1.807, 2.05) is 0 Å². The lowest BCUT2D eigenvalue weighted by Gasteiger charge is -1.95. The van der Waals surface area contributed by atoms with Crippen molar-refractivity contribution in [3.8, 4) is 0 Å². The summed E-state index contributed by atoms with van der Waals surface area (Å²) in [6, 6.07) is 0. The predicted octanol–water partition coefficient (Wildman–Crippen LogP) is 3.20. The first-order chi connectivity index (χ1) is 4.27. The smallest absolute Gasteiger partial charge is 0.0327 e. The lowest BCUT2D eigenvalue weighted by Crippen LogP contribution is -1.80. The quantitative estimate of drug-likeness (QED) is 0.506. The van der Waals surface area contributed by atoms with Crippen molar-refractivity contribution in [2.75, 3.05) is 0 Å². The average Bonchev–Trinajstić information content (AvgIpc) is 1.80. The molecule has 0 rings (SSSR count). The van der Waals surface area contributed by atoms with Crippen LogP contribution in [0.1, 0.15) is 33.1 Å². The van der Waals surface area contributed by atoms with Gasteiger partial charge in [0.05, 0.1) is 0 Å². The highest BCUT2D eigenvalue weighted by Crippen LogP contribution is 2.00. The van der Waals surface area contributed by atoms with Crippen LogP contribution < -0.4 is 0 Å². The van der Waals surface area contributed by atoms with Crippen molar-refractivity contribution in [1.29, 1.82) is 0 Å². The molecule has 0 saturated carbocycles. The number of allylic oxidation sites excluding steroid dienone is 2. The van der Waals surface area contributed by atoms with Crippen LogP contribution in [0.5, 0.6) is 0 Å². The van der Waals surface area contributed by atoms with Gasteiger partial charge >= 0.3 is 0 Å². The van der Waals surface area contributed by atoms with E-state index in [2.05, 4.69) is 32.9 Å². The molecule has 0 N–H and O–H groups in total. The molecule has 0 aliphatic carbocycles. The molecule has 0 nitrogen and oxygen atoms in total. The van der Waals surface area contributed by atoms with Gasteiger partial charge in [0, 0.05) is 0 Å². The van der Waals surface area contributed by atoms with Crippen LogP contribution >= 0.6 is 0 Å². The number of unbranched alkanes of at least 4 members (excludes halogenated alkanes) is 1. The van der Waals surface area contributed by atoms with Crippen LogP contribution in [0.4, 0.5) is 0 Å². The first kappa shape index (κ1) is 8.74. The van der Waals surface area contributed by atoms with Crippen molar-refractivity contribution in [3.05, 3.63) is 19.1 Å². The lowest BCUT2D eigenvalue weighted by molar-refractivity contribution is 0.662. The van der Waals surface area contributed by atoms with E-state index >= 15 is 0 Å². The van der Waals surface area contributed by atoms with Crippen molar-refractivity contribution >= 4 is 0 Å². The summed E-state index contributed by atoms with van der Waals surface area (Å²) in [4.78, 5) is 0. The van der Waals surface area contributed by atoms with Crippen LogP contribution in [0.3, 0.4) is 0 Å². The molecule has 9 heavy (non-hydrogen) atoms. The number of hydrogen-bond donors (Lipinski definition) is 0. The van der Waals surface area contributed by atoms with Crippen molar-refractivity contribution in [1.82, 2.24) is 0 Å².